The van der Waals surface area contributed by atoms with E-state index in [2.05, 4.69) is 10.6 Å². The van der Waals surface area contributed by atoms with Gasteiger partial charge in [0.25, 0.3) is 0 Å². The number of carbonyl (C=O) groups excluding carboxylic acids is 1. The minimum atomic E-state index is -2.88. The van der Waals surface area contributed by atoms with Gasteiger partial charge in [0.1, 0.15) is 0 Å². The third kappa shape index (κ3) is 2.95. The number of hydrogen-bond acceptors (Lipinski definition) is 4. The molecule has 2 atom stereocenters. The Kier molecular flexibility index (Phi) is 3.49. The average molecular weight is 246 g/mol. The summed E-state index contributed by atoms with van der Waals surface area (Å²) in [5.41, 5.74) is 0. The van der Waals surface area contributed by atoms with Crippen LogP contribution in [0.4, 0.5) is 0 Å². The first-order valence-electron chi connectivity index (χ1n) is 5.77. The van der Waals surface area contributed by atoms with Crippen molar-refractivity contribution >= 4 is 15.7 Å². The SMILES string of the molecule is O=C1CCCC(C2CS(=O)(=O)CCN2)CN1. The molecule has 2 heterocycles. The lowest BCUT2D eigenvalue weighted by Gasteiger charge is -2.30. The predicted octanol–water partition coefficient (Wildman–Crippen LogP) is -0.711. The van der Waals surface area contributed by atoms with Crippen LogP contribution in [0, 0.1) is 5.92 Å². The van der Waals surface area contributed by atoms with E-state index < -0.39 is 9.84 Å². The van der Waals surface area contributed by atoms with Crippen molar-refractivity contribution in [3.8, 4) is 0 Å². The molecule has 0 saturated carbocycles. The molecular weight excluding hydrogens is 228 g/mol. The molecule has 0 aromatic rings. The van der Waals surface area contributed by atoms with E-state index in [9.17, 15) is 13.2 Å². The molecule has 2 N–H and O–H groups in total. The molecule has 6 heteroatoms. The zero-order valence-electron chi connectivity index (χ0n) is 9.24. The summed E-state index contributed by atoms with van der Waals surface area (Å²) >= 11 is 0. The maximum atomic E-state index is 11.5. The van der Waals surface area contributed by atoms with Crippen LogP contribution in [0.3, 0.4) is 0 Å². The van der Waals surface area contributed by atoms with Crippen molar-refractivity contribution < 1.29 is 13.2 Å². The lowest BCUT2D eigenvalue weighted by molar-refractivity contribution is -0.120. The highest BCUT2D eigenvalue weighted by atomic mass is 32.2. The van der Waals surface area contributed by atoms with Gasteiger partial charge in [-0.3, -0.25) is 4.79 Å². The molecule has 2 aliphatic rings. The van der Waals surface area contributed by atoms with Gasteiger partial charge < -0.3 is 10.6 Å². The van der Waals surface area contributed by atoms with E-state index in [1.165, 1.54) is 0 Å². The number of amides is 1. The number of hydrogen-bond donors (Lipinski definition) is 2. The Bertz CT molecular complexity index is 366. The standard InChI is InChI=1S/C10H18N2O3S/c13-10-3-1-2-8(6-12-10)9-7-16(14,15)5-4-11-9/h8-9,11H,1-7H2,(H,12,13). The van der Waals surface area contributed by atoms with Crippen LogP contribution in [0.2, 0.25) is 0 Å². The van der Waals surface area contributed by atoms with Crippen molar-refractivity contribution in [1.82, 2.24) is 10.6 Å². The minimum Gasteiger partial charge on any atom is -0.356 e. The molecule has 0 bridgehead atoms. The van der Waals surface area contributed by atoms with Crippen molar-refractivity contribution in [2.24, 2.45) is 5.92 Å². The van der Waals surface area contributed by atoms with Gasteiger partial charge in [0.05, 0.1) is 11.5 Å². The fourth-order valence-corrected chi connectivity index (χ4v) is 3.95. The van der Waals surface area contributed by atoms with Crippen molar-refractivity contribution in [2.75, 3.05) is 24.6 Å². The Morgan fingerprint density at radius 2 is 2.12 bits per heavy atom. The van der Waals surface area contributed by atoms with Gasteiger partial charge in [-0.2, -0.15) is 0 Å². The molecule has 1 amide bonds. The van der Waals surface area contributed by atoms with Crippen molar-refractivity contribution in [3.05, 3.63) is 0 Å². The summed E-state index contributed by atoms with van der Waals surface area (Å²) in [5, 5.41) is 6.10. The van der Waals surface area contributed by atoms with Crippen LogP contribution in [-0.4, -0.2) is 45.0 Å². The average Bonchev–Trinajstić information content (AvgIpc) is 2.41. The molecule has 5 nitrogen and oxygen atoms in total. The summed E-state index contributed by atoms with van der Waals surface area (Å²) in [4.78, 5) is 11.2. The van der Waals surface area contributed by atoms with Crippen molar-refractivity contribution in [2.45, 2.75) is 25.3 Å². The van der Waals surface area contributed by atoms with Crippen LogP contribution in [0.1, 0.15) is 19.3 Å². The number of nitrogens with one attached hydrogen (secondary N) is 2. The van der Waals surface area contributed by atoms with Crippen LogP contribution in [-0.2, 0) is 14.6 Å². The van der Waals surface area contributed by atoms with E-state index >= 15 is 0 Å². The van der Waals surface area contributed by atoms with Crippen molar-refractivity contribution in [3.63, 3.8) is 0 Å². The quantitative estimate of drug-likeness (QED) is 0.641. The molecule has 0 aromatic heterocycles. The smallest absolute Gasteiger partial charge is 0.220 e. The van der Waals surface area contributed by atoms with E-state index in [0.717, 1.165) is 12.8 Å². The van der Waals surface area contributed by atoms with Crippen LogP contribution in [0.15, 0.2) is 0 Å². The first kappa shape index (κ1) is 11.9. The molecule has 2 fully saturated rings. The summed E-state index contributed by atoms with van der Waals surface area (Å²) in [6.45, 7) is 1.14. The highest BCUT2D eigenvalue weighted by Crippen LogP contribution is 2.19. The third-order valence-corrected chi connectivity index (χ3v) is 5.06. The van der Waals surface area contributed by atoms with E-state index in [4.69, 9.17) is 0 Å². The fourth-order valence-electron chi connectivity index (χ4n) is 2.42. The molecule has 92 valence electrons. The van der Waals surface area contributed by atoms with Gasteiger partial charge in [0.2, 0.25) is 5.91 Å². The predicted molar refractivity (Wildman–Crippen MR) is 60.8 cm³/mol. The second-order valence-electron chi connectivity index (χ2n) is 4.63. The largest absolute Gasteiger partial charge is 0.356 e. The second kappa shape index (κ2) is 4.71. The second-order valence-corrected chi connectivity index (χ2v) is 6.86. The van der Waals surface area contributed by atoms with Crippen molar-refractivity contribution in [1.29, 1.82) is 0 Å². The van der Waals surface area contributed by atoms with Crippen LogP contribution >= 0.6 is 0 Å². The van der Waals surface area contributed by atoms with Gasteiger partial charge in [-0.05, 0) is 18.8 Å². The Morgan fingerprint density at radius 3 is 2.88 bits per heavy atom. The number of sulfone groups is 1. The molecule has 2 rings (SSSR count). The Balaban J connectivity index is 1.98. The zero-order valence-corrected chi connectivity index (χ0v) is 10.1. The first-order valence-corrected chi connectivity index (χ1v) is 7.59. The summed E-state index contributed by atoms with van der Waals surface area (Å²) in [6.07, 6.45) is 2.34. The van der Waals surface area contributed by atoms with Gasteiger partial charge >= 0.3 is 0 Å². The molecule has 0 aliphatic carbocycles. The van der Waals surface area contributed by atoms with Gasteiger partial charge in [-0.25, -0.2) is 8.42 Å². The highest BCUT2D eigenvalue weighted by molar-refractivity contribution is 7.91. The Labute approximate surface area is 95.9 Å². The minimum absolute atomic E-state index is 0.0112. The zero-order chi connectivity index (χ0) is 11.6. The number of carbonyl (C=O) groups is 1. The van der Waals surface area contributed by atoms with Gasteiger partial charge in [0, 0.05) is 25.6 Å². The number of rotatable bonds is 1. The van der Waals surface area contributed by atoms with E-state index in [1.807, 2.05) is 0 Å². The maximum absolute atomic E-state index is 11.5. The molecule has 0 spiro atoms. The molecule has 2 aliphatic heterocycles. The lowest BCUT2D eigenvalue weighted by atomic mass is 9.96. The van der Waals surface area contributed by atoms with Gasteiger partial charge in [-0.15, -0.1) is 0 Å². The summed E-state index contributed by atoms with van der Waals surface area (Å²) < 4.78 is 23.1. The van der Waals surface area contributed by atoms with Crippen LogP contribution in [0.5, 0.6) is 0 Å². The molecule has 2 unspecified atom stereocenters. The van der Waals surface area contributed by atoms with Gasteiger partial charge in [0.15, 0.2) is 9.84 Å². The van der Waals surface area contributed by atoms with E-state index in [-0.39, 0.29) is 29.4 Å². The fraction of sp³-hybridized carbons (Fsp3) is 0.900. The van der Waals surface area contributed by atoms with Gasteiger partial charge in [-0.1, -0.05) is 0 Å². The summed E-state index contributed by atoms with van der Waals surface area (Å²) in [5.74, 6) is 0.790. The van der Waals surface area contributed by atoms with Crippen LogP contribution in [0.25, 0.3) is 0 Å². The molecule has 2 saturated heterocycles. The molecule has 0 radical (unpaired) electrons. The third-order valence-electron chi connectivity index (χ3n) is 3.36. The molecule has 16 heavy (non-hydrogen) atoms. The Morgan fingerprint density at radius 1 is 1.31 bits per heavy atom. The highest BCUT2D eigenvalue weighted by Gasteiger charge is 2.31. The Hall–Kier alpha value is -0.620. The monoisotopic (exact) mass is 246 g/mol. The topological polar surface area (TPSA) is 75.3 Å². The van der Waals surface area contributed by atoms with E-state index in [0.29, 0.717) is 19.5 Å². The lowest BCUT2D eigenvalue weighted by Crippen LogP contribution is -2.51. The molecular formula is C10H18N2O3S. The normalized spacial score (nSPS) is 35.1. The van der Waals surface area contributed by atoms with Crippen LogP contribution < -0.4 is 10.6 Å². The maximum Gasteiger partial charge on any atom is 0.220 e. The van der Waals surface area contributed by atoms with E-state index in [1.54, 1.807) is 0 Å². The summed E-state index contributed by atoms with van der Waals surface area (Å²) in [7, 11) is -2.88. The summed E-state index contributed by atoms with van der Waals surface area (Å²) in [6, 6.07) is 0.0112. The molecule has 0 aromatic carbocycles. The first-order chi connectivity index (χ1) is 7.57.